The number of ether oxygens (including phenoxy) is 1. The number of carbonyl (C=O) groups is 2. The minimum absolute atomic E-state index is 0.119. The summed E-state index contributed by atoms with van der Waals surface area (Å²) >= 11 is 0. The molecule has 1 aromatic carbocycles. The van der Waals surface area contributed by atoms with E-state index in [0.29, 0.717) is 42.6 Å². The number of furan rings is 1. The summed E-state index contributed by atoms with van der Waals surface area (Å²) in [6, 6.07) is 7.11. The number of para-hydroxylation sites is 1. The van der Waals surface area contributed by atoms with Crippen LogP contribution in [0.5, 0.6) is 0 Å². The molecule has 0 saturated carbocycles. The molecule has 0 radical (unpaired) electrons. The molecule has 6 nitrogen and oxygen atoms in total. The van der Waals surface area contributed by atoms with Gasteiger partial charge in [0.15, 0.2) is 0 Å². The van der Waals surface area contributed by atoms with Crippen LogP contribution in [0.1, 0.15) is 23.2 Å². The number of aliphatic carboxylic acids is 1. The number of rotatable bonds is 4. The molecule has 3 rings (SSSR count). The highest BCUT2D eigenvalue weighted by Gasteiger charge is 2.30. The van der Waals surface area contributed by atoms with Gasteiger partial charge in [-0.1, -0.05) is 18.2 Å². The minimum Gasteiger partial charge on any atom is -0.480 e. The van der Waals surface area contributed by atoms with E-state index in [2.05, 4.69) is 0 Å². The molecule has 1 aromatic heterocycles. The molecular formula is C16H17NO5. The summed E-state index contributed by atoms with van der Waals surface area (Å²) in [7, 11) is 0. The Hall–Kier alpha value is -2.34. The first-order valence-electron chi connectivity index (χ1n) is 7.23. The lowest BCUT2D eigenvalue weighted by Crippen LogP contribution is -2.46. The van der Waals surface area contributed by atoms with E-state index in [1.165, 1.54) is 11.2 Å². The Morgan fingerprint density at radius 3 is 2.68 bits per heavy atom. The Labute approximate surface area is 127 Å². The second-order valence-corrected chi connectivity index (χ2v) is 5.32. The van der Waals surface area contributed by atoms with E-state index in [1.807, 2.05) is 12.1 Å². The van der Waals surface area contributed by atoms with Crippen molar-refractivity contribution in [1.29, 1.82) is 0 Å². The average Bonchev–Trinajstić information content (AvgIpc) is 2.97. The maximum atomic E-state index is 12.8. The fourth-order valence-electron chi connectivity index (χ4n) is 2.81. The van der Waals surface area contributed by atoms with Crippen LogP contribution < -0.4 is 0 Å². The third-order valence-corrected chi connectivity index (χ3v) is 3.91. The summed E-state index contributed by atoms with van der Waals surface area (Å²) in [6.07, 6.45) is 2.70. The van der Waals surface area contributed by atoms with Crippen LogP contribution in [-0.2, 0) is 9.53 Å². The highest BCUT2D eigenvalue weighted by molar-refractivity contribution is 6.06. The largest absolute Gasteiger partial charge is 0.480 e. The summed E-state index contributed by atoms with van der Waals surface area (Å²) in [5.74, 6) is -1.33. The molecule has 0 unspecified atom stereocenters. The highest BCUT2D eigenvalue weighted by atomic mass is 16.5. The van der Waals surface area contributed by atoms with Gasteiger partial charge < -0.3 is 19.2 Å². The lowest BCUT2D eigenvalue weighted by Gasteiger charge is -2.33. The third-order valence-electron chi connectivity index (χ3n) is 3.91. The minimum atomic E-state index is -1.02. The molecule has 1 N–H and O–H groups in total. The van der Waals surface area contributed by atoms with Crippen molar-refractivity contribution in [3.8, 4) is 0 Å². The normalized spacial score (nSPS) is 15.8. The molecule has 1 amide bonds. The lowest BCUT2D eigenvalue weighted by atomic mass is 10.0. The van der Waals surface area contributed by atoms with Crippen molar-refractivity contribution in [2.45, 2.75) is 18.9 Å². The maximum Gasteiger partial charge on any atom is 0.323 e. The van der Waals surface area contributed by atoms with Crippen LogP contribution in [0.2, 0.25) is 0 Å². The number of nitrogens with zero attached hydrogens (tertiary/aromatic N) is 1. The smallest absolute Gasteiger partial charge is 0.323 e. The molecule has 1 aliphatic heterocycles. The van der Waals surface area contributed by atoms with Crippen LogP contribution in [0.15, 0.2) is 34.9 Å². The van der Waals surface area contributed by atoms with Crippen LogP contribution in [0.25, 0.3) is 11.0 Å². The molecule has 0 aliphatic carbocycles. The van der Waals surface area contributed by atoms with Crippen molar-refractivity contribution in [3.05, 3.63) is 36.1 Å². The predicted octanol–water partition coefficient (Wildman–Crippen LogP) is 2.14. The monoisotopic (exact) mass is 303 g/mol. The van der Waals surface area contributed by atoms with Crippen molar-refractivity contribution in [2.24, 2.45) is 0 Å². The SMILES string of the molecule is O=C(O)CN(C(=O)c1coc2ccccc12)C1CCOCC1. The van der Waals surface area contributed by atoms with Crippen LogP contribution in [0.4, 0.5) is 0 Å². The number of carboxylic acid groups (broad SMARTS) is 1. The second-order valence-electron chi connectivity index (χ2n) is 5.32. The van der Waals surface area contributed by atoms with Crippen molar-refractivity contribution in [1.82, 2.24) is 4.90 Å². The first-order valence-corrected chi connectivity index (χ1v) is 7.23. The van der Waals surface area contributed by atoms with Gasteiger partial charge in [0.2, 0.25) is 0 Å². The molecule has 22 heavy (non-hydrogen) atoms. The van der Waals surface area contributed by atoms with Crippen LogP contribution in [0.3, 0.4) is 0 Å². The number of hydrogen-bond acceptors (Lipinski definition) is 4. The van der Waals surface area contributed by atoms with Gasteiger partial charge in [0.1, 0.15) is 18.4 Å². The van der Waals surface area contributed by atoms with Gasteiger partial charge in [-0.3, -0.25) is 9.59 Å². The average molecular weight is 303 g/mol. The Morgan fingerprint density at radius 2 is 1.95 bits per heavy atom. The fourth-order valence-corrected chi connectivity index (χ4v) is 2.81. The summed E-state index contributed by atoms with van der Waals surface area (Å²) in [5, 5.41) is 9.83. The topological polar surface area (TPSA) is 80.0 Å². The molecule has 2 aromatic rings. The van der Waals surface area contributed by atoms with Gasteiger partial charge in [-0.2, -0.15) is 0 Å². The number of hydrogen-bond donors (Lipinski definition) is 1. The second kappa shape index (κ2) is 6.19. The zero-order valence-electron chi connectivity index (χ0n) is 12.0. The van der Waals surface area contributed by atoms with Gasteiger partial charge in [-0.25, -0.2) is 0 Å². The van der Waals surface area contributed by atoms with Gasteiger partial charge in [-0.15, -0.1) is 0 Å². The summed E-state index contributed by atoms with van der Waals surface area (Å²) < 4.78 is 10.7. The summed E-state index contributed by atoms with van der Waals surface area (Å²) in [5.41, 5.74) is 1.02. The van der Waals surface area contributed by atoms with Crippen LogP contribution in [-0.4, -0.2) is 47.7 Å². The summed E-state index contributed by atoms with van der Waals surface area (Å²) in [4.78, 5) is 25.4. The number of carbonyl (C=O) groups excluding carboxylic acids is 1. The van der Waals surface area contributed by atoms with Crippen molar-refractivity contribution >= 4 is 22.8 Å². The van der Waals surface area contributed by atoms with Gasteiger partial charge in [0, 0.05) is 24.6 Å². The molecule has 116 valence electrons. The van der Waals surface area contributed by atoms with Gasteiger partial charge in [0.05, 0.1) is 5.56 Å². The summed E-state index contributed by atoms with van der Waals surface area (Å²) in [6.45, 7) is 0.767. The van der Waals surface area contributed by atoms with Gasteiger partial charge >= 0.3 is 5.97 Å². The van der Waals surface area contributed by atoms with Gasteiger partial charge in [0.25, 0.3) is 5.91 Å². The number of amides is 1. The van der Waals surface area contributed by atoms with Crippen molar-refractivity contribution in [3.63, 3.8) is 0 Å². The Kier molecular flexibility index (Phi) is 4.11. The van der Waals surface area contributed by atoms with Crippen LogP contribution >= 0.6 is 0 Å². The van der Waals surface area contributed by atoms with E-state index in [0.717, 1.165) is 0 Å². The molecule has 1 aliphatic rings. The molecule has 0 atom stereocenters. The third kappa shape index (κ3) is 2.82. The van der Waals surface area contributed by atoms with Crippen LogP contribution in [0, 0.1) is 0 Å². The number of fused-ring (bicyclic) bond motifs is 1. The quantitative estimate of drug-likeness (QED) is 0.936. The fraction of sp³-hybridized carbons (Fsp3) is 0.375. The molecule has 2 heterocycles. The van der Waals surface area contributed by atoms with Gasteiger partial charge in [-0.05, 0) is 18.9 Å². The van der Waals surface area contributed by atoms with Crippen molar-refractivity contribution < 1.29 is 23.8 Å². The zero-order valence-corrected chi connectivity index (χ0v) is 12.0. The molecule has 1 saturated heterocycles. The molecule has 0 bridgehead atoms. The van der Waals surface area contributed by atoms with E-state index < -0.39 is 5.97 Å². The van der Waals surface area contributed by atoms with E-state index in [-0.39, 0.29) is 18.5 Å². The maximum absolute atomic E-state index is 12.8. The van der Waals surface area contributed by atoms with Crippen molar-refractivity contribution in [2.75, 3.05) is 19.8 Å². The Balaban J connectivity index is 1.92. The first kappa shape index (κ1) is 14.6. The molecule has 6 heteroatoms. The number of benzene rings is 1. The molecule has 0 spiro atoms. The predicted molar refractivity (Wildman–Crippen MR) is 78.7 cm³/mol. The standard InChI is InChI=1S/C16H17NO5/c18-15(19)9-17(11-5-7-21-8-6-11)16(20)13-10-22-14-4-2-1-3-12(13)14/h1-4,10-11H,5-9H2,(H,18,19). The van der Waals surface area contributed by atoms with E-state index >= 15 is 0 Å². The lowest BCUT2D eigenvalue weighted by molar-refractivity contribution is -0.138. The molecular weight excluding hydrogens is 286 g/mol. The zero-order chi connectivity index (χ0) is 15.5. The van der Waals surface area contributed by atoms with E-state index in [1.54, 1.807) is 12.1 Å². The van der Waals surface area contributed by atoms with E-state index in [4.69, 9.17) is 14.3 Å². The first-order chi connectivity index (χ1) is 10.7. The molecule has 1 fully saturated rings. The Morgan fingerprint density at radius 1 is 1.23 bits per heavy atom. The highest BCUT2D eigenvalue weighted by Crippen LogP contribution is 2.24. The van der Waals surface area contributed by atoms with E-state index in [9.17, 15) is 9.59 Å². The number of carboxylic acids is 1. The Bertz CT molecular complexity index is 687.